The van der Waals surface area contributed by atoms with Gasteiger partial charge in [-0.25, -0.2) is 4.68 Å². The van der Waals surface area contributed by atoms with Crippen molar-refractivity contribution in [1.82, 2.24) is 15.0 Å². The van der Waals surface area contributed by atoms with E-state index in [0.29, 0.717) is 6.04 Å². The van der Waals surface area contributed by atoms with Crippen molar-refractivity contribution >= 4 is 11.4 Å². The fourth-order valence-corrected chi connectivity index (χ4v) is 2.49. The van der Waals surface area contributed by atoms with Crippen molar-refractivity contribution < 1.29 is 0 Å². The molecule has 1 fully saturated rings. The van der Waals surface area contributed by atoms with Crippen LogP contribution >= 0.6 is 0 Å². The van der Waals surface area contributed by atoms with Crippen molar-refractivity contribution in [3.05, 3.63) is 36.7 Å². The molecule has 3 rings (SSSR count). The molecule has 1 saturated heterocycles. The molecule has 1 aromatic heterocycles. The van der Waals surface area contributed by atoms with Crippen LogP contribution in [0.25, 0.3) is 0 Å². The average Bonchev–Trinajstić information content (AvgIpc) is 2.94. The summed E-state index contributed by atoms with van der Waals surface area (Å²) in [5, 5.41) is 7.95. The van der Waals surface area contributed by atoms with Crippen LogP contribution in [0, 0.1) is 0 Å². The van der Waals surface area contributed by atoms with Crippen LogP contribution in [0.3, 0.4) is 0 Å². The monoisotopic (exact) mass is 243 g/mol. The third kappa shape index (κ3) is 2.16. The third-order valence-corrected chi connectivity index (χ3v) is 3.54. The lowest BCUT2D eigenvalue weighted by Gasteiger charge is -2.33. The number of nitrogens with zero attached hydrogens (tertiary/aromatic N) is 4. The van der Waals surface area contributed by atoms with Crippen LogP contribution in [0.2, 0.25) is 0 Å². The Morgan fingerprint density at radius 2 is 1.83 bits per heavy atom. The van der Waals surface area contributed by atoms with Gasteiger partial charge < -0.3 is 10.6 Å². The van der Waals surface area contributed by atoms with E-state index in [-0.39, 0.29) is 0 Å². The Bertz CT molecular complexity index is 483. The number of aromatic nitrogens is 3. The number of nitrogens with two attached hydrogens (primary N) is 1. The smallest absolute Gasteiger partial charge is 0.0693 e. The molecule has 2 aromatic rings. The Kier molecular flexibility index (Phi) is 2.88. The summed E-state index contributed by atoms with van der Waals surface area (Å²) in [5.41, 5.74) is 7.77. The SMILES string of the molecule is Nc1ccc(N2CCC(n3ccnn3)CC2)cc1. The van der Waals surface area contributed by atoms with Gasteiger partial charge in [0, 0.05) is 30.7 Å². The Hall–Kier alpha value is -2.04. The number of benzene rings is 1. The first-order valence-corrected chi connectivity index (χ1v) is 6.29. The normalized spacial score (nSPS) is 17.0. The summed E-state index contributed by atoms with van der Waals surface area (Å²) < 4.78 is 1.97. The van der Waals surface area contributed by atoms with Crippen LogP contribution < -0.4 is 10.6 Å². The molecule has 0 bridgehead atoms. The van der Waals surface area contributed by atoms with Gasteiger partial charge in [0.25, 0.3) is 0 Å². The van der Waals surface area contributed by atoms with E-state index in [1.54, 1.807) is 6.20 Å². The number of rotatable bonds is 2. The molecule has 1 aliphatic heterocycles. The minimum atomic E-state index is 0.484. The zero-order chi connectivity index (χ0) is 12.4. The number of nitrogen functional groups attached to an aromatic ring is 1. The maximum atomic E-state index is 5.71. The highest BCUT2D eigenvalue weighted by Gasteiger charge is 2.20. The van der Waals surface area contributed by atoms with Gasteiger partial charge in [0.2, 0.25) is 0 Å². The predicted molar refractivity (Wildman–Crippen MR) is 71.4 cm³/mol. The minimum Gasteiger partial charge on any atom is -0.399 e. The Balaban J connectivity index is 1.65. The molecule has 1 aromatic carbocycles. The fourth-order valence-electron chi connectivity index (χ4n) is 2.49. The molecule has 0 aliphatic carbocycles. The van der Waals surface area contributed by atoms with E-state index >= 15 is 0 Å². The quantitative estimate of drug-likeness (QED) is 0.816. The van der Waals surface area contributed by atoms with Crippen LogP contribution in [0.4, 0.5) is 11.4 Å². The maximum absolute atomic E-state index is 5.71. The lowest BCUT2D eigenvalue weighted by molar-refractivity contribution is 0.360. The van der Waals surface area contributed by atoms with Gasteiger partial charge >= 0.3 is 0 Å². The highest BCUT2D eigenvalue weighted by atomic mass is 15.4. The average molecular weight is 243 g/mol. The zero-order valence-corrected chi connectivity index (χ0v) is 10.2. The summed E-state index contributed by atoms with van der Waals surface area (Å²) in [6.07, 6.45) is 5.90. The second kappa shape index (κ2) is 4.68. The molecule has 0 saturated carbocycles. The highest BCUT2D eigenvalue weighted by Crippen LogP contribution is 2.26. The Labute approximate surface area is 106 Å². The van der Waals surface area contributed by atoms with Gasteiger partial charge in [-0.3, -0.25) is 0 Å². The van der Waals surface area contributed by atoms with E-state index in [2.05, 4.69) is 27.3 Å². The largest absolute Gasteiger partial charge is 0.399 e. The number of hydrogen-bond acceptors (Lipinski definition) is 4. The van der Waals surface area contributed by atoms with Crippen LogP contribution in [0.5, 0.6) is 0 Å². The molecule has 0 radical (unpaired) electrons. The second-order valence-electron chi connectivity index (χ2n) is 4.69. The molecule has 0 amide bonds. The molecule has 0 spiro atoms. The number of anilines is 2. The van der Waals surface area contributed by atoms with E-state index in [1.165, 1.54) is 5.69 Å². The molecular formula is C13H17N5. The third-order valence-electron chi connectivity index (χ3n) is 3.54. The van der Waals surface area contributed by atoms with Gasteiger partial charge in [-0.15, -0.1) is 5.10 Å². The molecule has 1 aliphatic rings. The van der Waals surface area contributed by atoms with Gasteiger partial charge in [-0.2, -0.15) is 0 Å². The predicted octanol–water partition coefficient (Wildman–Crippen LogP) is 1.70. The summed E-state index contributed by atoms with van der Waals surface area (Å²) in [7, 11) is 0. The minimum absolute atomic E-state index is 0.484. The van der Waals surface area contributed by atoms with Crippen molar-refractivity contribution in [2.45, 2.75) is 18.9 Å². The summed E-state index contributed by atoms with van der Waals surface area (Å²) in [4.78, 5) is 2.40. The molecule has 5 nitrogen and oxygen atoms in total. The Morgan fingerprint density at radius 3 is 2.44 bits per heavy atom. The van der Waals surface area contributed by atoms with Gasteiger partial charge in [0.15, 0.2) is 0 Å². The van der Waals surface area contributed by atoms with Crippen molar-refractivity contribution in [1.29, 1.82) is 0 Å². The summed E-state index contributed by atoms with van der Waals surface area (Å²) in [6, 6.07) is 8.58. The molecule has 94 valence electrons. The van der Waals surface area contributed by atoms with E-state index in [1.807, 2.05) is 23.0 Å². The van der Waals surface area contributed by atoms with Crippen LogP contribution in [-0.2, 0) is 0 Å². The van der Waals surface area contributed by atoms with E-state index in [9.17, 15) is 0 Å². The van der Waals surface area contributed by atoms with Crippen molar-refractivity contribution in [2.75, 3.05) is 23.7 Å². The van der Waals surface area contributed by atoms with E-state index in [4.69, 9.17) is 5.73 Å². The molecule has 2 N–H and O–H groups in total. The van der Waals surface area contributed by atoms with E-state index < -0.39 is 0 Å². The molecule has 18 heavy (non-hydrogen) atoms. The first-order chi connectivity index (χ1) is 8.83. The molecule has 5 heteroatoms. The van der Waals surface area contributed by atoms with Crippen molar-refractivity contribution in [3.8, 4) is 0 Å². The first-order valence-electron chi connectivity index (χ1n) is 6.29. The van der Waals surface area contributed by atoms with Gasteiger partial charge in [-0.1, -0.05) is 5.21 Å². The van der Waals surface area contributed by atoms with Gasteiger partial charge in [0.05, 0.1) is 12.2 Å². The van der Waals surface area contributed by atoms with Crippen LogP contribution in [0.15, 0.2) is 36.7 Å². The zero-order valence-electron chi connectivity index (χ0n) is 10.2. The Morgan fingerprint density at radius 1 is 1.11 bits per heavy atom. The topological polar surface area (TPSA) is 60.0 Å². The standard InChI is InChI=1S/C13H17N5/c14-11-1-3-12(4-2-11)17-8-5-13(6-9-17)18-10-7-15-16-18/h1-4,7,10,13H,5-6,8-9,14H2. The lowest BCUT2D eigenvalue weighted by atomic mass is 10.0. The van der Waals surface area contributed by atoms with Gasteiger partial charge in [0.1, 0.15) is 0 Å². The maximum Gasteiger partial charge on any atom is 0.0693 e. The van der Waals surface area contributed by atoms with Crippen LogP contribution in [-0.4, -0.2) is 28.1 Å². The van der Waals surface area contributed by atoms with Crippen molar-refractivity contribution in [2.24, 2.45) is 0 Å². The summed E-state index contributed by atoms with van der Waals surface area (Å²) in [5.74, 6) is 0. The molecule has 0 unspecified atom stereocenters. The second-order valence-corrected chi connectivity index (χ2v) is 4.69. The van der Waals surface area contributed by atoms with E-state index in [0.717, 1.165) is 31.6 Å². The summed E-state index contributed by atoms with van der Waals surface area (Å²) >= 11 is 0. The first kappa shape index (κ1) is 11.1. The van der Waals surface area contributed by atoms with Crippen LogP contribution in [0.1, 0.15) is 18.9 Å². The van der Waals surface area contributed by atoms with Crippen molar-refractivity contribution in [3.63, 3.8) is 0 Å². The molecule has 0 atom stereocenters. The fraction of sp³-hybridized carbons (Fsp3) is 0.385. The number of piperidine rings is 1. The van der Waals surface area contributed by atoms with Gasteiger partial charge in [-0.05, 0) is 37.1 Å². The molecular weight excluding hydrogens is 226 g/mol. The highest BCUT2D eigenvalue weighted by molar-refractivity contribution is 5.53. The molecule has 2 heterocycles. The summed E-state index contributed by atoms with van der Waals surface area (Å²) in [6.45, 7) is 2.10. The lowest BCUT2D eigenvalue weighted by Crippen LogP contribution is -2.34. The number of hydrogen-bond donors (Lipinski definition) is 1.